The summed E-state index contributed by atoms with van der Waals surface area (Å²) in [4.78, 5) is 26.7. The number of rotatable bonds is 3. The van der Waals surface area contributed by atoms with Crippen molar-refractivity contribution in [2.45, 2.75) is 38.9 Å². The molecule has 2 aliphatic heterocycles. The van der Waals surface area contributed by atoms with Gasteiger partial charge in [-0.1, -0.05) is 26.0 Å². The molecule has 0 radical (unpaired) electrons. The first-order chi connectivity index (χ1) is 10.1. The maximum atomic E-state index is 12.7. The van der Waals surface area contributed by atoms with Crippen LogP contribution >= 0.6 is 0 Å². The molecular weight excluding hydrogens is 266 g/mol. The van der Waals surface area contributed by atoms with E-state index in [1.54, 1.807) is 4.90 Å². The Labute approximate surface area is 124 Å². The first-order valence-corrected chi connectivity index (χ1v) is 7.54. The first kappa shape index (κ1) is 13.9. The van der Waals surface area contributed by atoms with Crippen molar-refractivity contribution >= 4 is 17.5 Å². The van der Waals surface area contributed by atoms with Crippen LogP contribution in [-0.4, -0.2) is 35.5 Å². The molecule has 21 heavy (non-hydrogen) atoms. The molecule has 1 aromatic rings. The highest BCUT2D eigenvalue weighted by molar-refractivity contribution is 6.04. The van der Waals surface area contributed by atoms with Gasteiger partial charge in [0.25, 0.3) is 5.91 Å². The van der Waals surface area contributed by atoms with Crippen LogP contribution in [0.3, 0.4) is 0 Å². The largest absolute Gasteiger partial charge is 0.364 e. The average Bonchev–Trinajstić information content (AvgIpc) is 2.89. The Bertz CT molecular complexity index is 570. The first-order valence-electron chi connectivity index (χ1n) is 7.54. The van der Waals surface area contributed by atoms with Gasteiger partial charge in [0.2, 0.25) is 5.91 Å². The molecule has 0 unspecified atom stereocenters. The topological polar surface area (TPSA) is 61.4 Å². The van der Waals surface area contributed by atoms with Gasteiger partial charge in [-0.2, -0.15) is 0 Å². The minimum absolute atomic E-state index is 0.0410. The molecule has 3 rings (SSSR count). The average molecular weight is 287 g/mol. The van der Waals surface area contributed by atoms with Crippen molar-refractivity contribution < 1.29 is 9.59 Å². The molecule has 0 aliphatic carbocycles. The molecule has 0 saturated carbocycles. The fourth-order valence-corrected chi connectivity index (χ4v) is 3.03. The van der Waals surface area contributed by atoms with Gasteiger partial charge in [0.15, 0.2) is 0 Å². The fourth-order valence-electron chi connectivity index (χ4n) is 3.03. The van der Waals surface area contributed by atoms with Gasteiger partial charge in [0.05, 0.1) is 5.56 Å². The van der Waals surface area contributed by atoms with E-state index >= 15 is 0 Å². The molecule has 112 valence electrons. The van der Waals surface area contributed by atoms with Crippen LogP contribution in [0.2, 0.25) is 0 Å². The molecule has 2 heterocycles. The van der Waals surface area contributed by atoms with Gasteiger partial charge < -0.3 is 15.5 Å². The van der Waals surface area contributed by atoms with Crippen molar-refractivity contribution in [3.63, 3.8) is 0 Å². The standard InChI is InChI=1S/C16H21N3O2/c1-10(2)9-17-15(20)13-7-8-14-18-12-6-4-3-5-11(12)16(21)19(13)14/h3-6,10,13-14,18H,7-9H2,1-2H3,(H,17,20)/t13-,14+/m0/s1. The third-order valence-corrected chi connectivity index (χ3v) is 4.09. The normalized spacial score (nSPS) is 23.6. The molecule has 0 spiro atoms. The van der Waals surface area contributed by atoms with E-state index in [1.165, 1.54) is 0 Å². The van der Waals surface area contributed by atoms with Crippen molar-refractivity contribution in [2.75, 3.05) is 11.9 Å². The minimum atomic E-state index is -0.359. The Balaban J connectivity index is 1.80. The Hall–Kier alpha value is -2.04. The lowest BCUT2D eigenvalue weighted by Crippen LogP contribution is -2.53. The predicted molar refractivity (Wildman–Crippen MR) is 80.9 cm³/mol. The monoisotopic (exact) mass is 287 g/mol. The maximum absolute atomic E-state index is 12.7. The van der Waals surface area contributed by atoms with E-state index in [1.807, 2.05) is 24.3 Å². The van der Waals surface area contributed by atoms with E-state index < -0.39 is 0 Å². The van der Waals surface area contributed by atoms with Crippen LogP contribution in [-0.2, 0) is 4.79 Å². The van der Waals surface area contributed by atoms with Crippen LogP contribution in [0.1, 0.15) is 37.0 Å². The molecule has 5 nitrogen and oxygen atoms in total. The molecule has 0 aromatic heterocycles. The number of amides is 2. The van der Waals surface area contributed by atoms with Crippen LogP contribution in [0.25, 0.3) is 0 Å². The smallest absolute Gasteiger partial charge is 0.258 e. The molecule has 2 aliphatic rings. The molecule has 1 saturated heterocycles. The molecule has 1 aromatic carbocycles. The van der Waals surface area contributed by atoms with Crippen LogP contribution in [0.5, 0.6) is 0 Å². The SMILES string of the molecule is CC(C)CNC(=O)[C@@H]1CC[C@@H]2Nc3ccccc3C(=O)N21. The minimum Gasteiger partial charge on any atom is -0.364 e. The molecule has 2 N–H and O–H groups in total. The van der Waals surface area contributed by atoms with Crippen LogP contribution < -0.4 is 10.6 Å². The van der Waals surface area contributed by atoms with Gasteiger partial charge in [0, 0.05) is 12.2 Å². The highest BCUT2D eigenvalue weighted by Gasteiger charge is 2.44. The van der Waals surface area contributed by atoms with E-state index in [9.17, 15) is 9.59 Å². The highest BCUT2D eigenvalue weighted by atomic mass is 16.2. The predicted octanol–water partition coefficient (Wildman–Crippen LogP) is 1.81. The summed E-state index contributed by atoms with van der Waals surface area (Å²) in [6.07, 6.45) is 1.45. The third kappa shape index (κ3) is 2.48. The van der Waals surface area contributed by atoms with Crippen molar-refractivity contribution in [1.82, 2.24) is 10.2 Å². The van der Waals surface area contributed by atoms with Gasteiger partial charge in [-0.3, -0.25) is 9.59 Å². The number of carbonyl (C=O) groups is 2. The van der Waals surface area contributed by atoms with E-state index in [4.69, 9.17) is 0 Å². The van der Waals surface area contributed by atoms with Crippen LogP contribution in [0, 0.1) is 5.92 Å². The number of fused-ring (bicyclic) bond motifs is 2. The van der Waals surface area contributed by atoms with E-state index in [0.29, 0.717) is 24.4 Å². The molecule has 2 atom stereocenters. The quantitative estimate of drug-likeness (QED) is 0.891. The number of anilines is 1. The Morgan fingerprint density at radius 1 is 1.38 bits per heavy atom. The maximum Gasteiger partial charge on any atom is 0.258 e. The zero-order valence-electron chi connectivity index (χ0n) is 12.4. The number of carbonyl (C=O) groups excluding carboxylic acids is 2. The Morgan fingerprint density at radius 3 is 2.90 bits per heavy atom. The lowest BCUT2D eigenvalue weighted by atomic mass is 10.1. The summed E-state index contributed by atoms with van der Waals surface area (Å²) in [5, 5.41) is 6.31. The second kappa shape index (κ2) is 5.39. The lowest BCUT2D eigenvalue weighted by Gasteiger charge is -2.35. The van der Waals surface area contributed by atoms with Crippen molar-refractivity contribution in [3.8, 4) is 0 Å². The fraction of sp³-hybridized carbons (Fsp3) is 0.500. The molecular formula is C16H21N3O2. The number of hydrogen-bond donors (Lipinski definition) is 2. The van der Waals surface area contributed by atoms with Gasteiger partial charge in [-0.05, 0) is 30.9 Å². The second-order valence-electron chi connectivity index (χ2n) is 6.15. The number of hydrogen-bond acceptors (Lipinski definition) is 3. The van der Waals surface area contributed by atoms with Gasteiger partial charge >= 0.3 is 0 Å². The molecule has 2 amide bonds. The Morgan fingerprint density at radius 2 is 2.14 bits per heavy atom. The molecule has 1 fully saturated rings. The van der Waals surface area contributed by atoms with Crippen molar-refractivity contribution in [1.29, 1.82) is 0 Å². The lowest BCUT2D eigenvalue weighted by molar-refractivity contribution is -0.125. The van der Waals surface area contributed by atoms with Crippen LogP contribution in [0.4, 0.5) is 5.69 Å². The Kier molecular flexibility index (Phi) is 3.57. The van der Waals surface area contributed by atoms with Crippen molar-refractivity contribution in [3.05, 3.63) is 29.8 Å². The number of benzene rings is 1. The summed E-state index contributed by atoms with van der Waals surface area (Å²) < 4.78 is 0. The third-order valence-electron chi connectivity index (χ3n) is 4.09. The van der Waals surface area contributed by atoms with E-state index in [2.05, 4.69) is 24.5 Å². The van der Waals surface area contributed by atoms with Crippen LogP contribution in [0.15, 0.2) is 24.3 Å². The molecule has 0 bridgehead atoms. The highest BCUT2D eigenvalue weighted by Crippen LogP contribution is 2.34. The number of nitrogens with one attached hydrogen (secondary N) is 2. The zero-order valence-corrected chi connectivity index (χ0v) is 12.4. The van der Waals surface area contributed by atoms with Gasteiger partial charge in [0.1, 0.15) is 12.2 Å². The summed E-state index contributed by atoms with van der Waals surface area (Å²) >= 11 is 0. The number of para-hydroxylation sites is 1. The van der Waals surface area contributed by atoms with Gasteiger partial charge in [-0.25, -0.2) is 0 Å². The zero-order chi connectivity index (χ0) is 15.0. The molecule has 5 heteroatoms. The summed E-state index contributed by atoms with van der Waals surface area (Å²) in [6.45, 7) is 4.76. The van der Waals surface area contributed by atoms with Crippen molar-refractivity contribution in [2.24, 2.45) is 5.92 Å². The van der Waals surface area contributed by atoms with E-state index in [-0.39, 0.29) is 24.0 Å². The van der Waals surface area contributed by atoms with E-state index in [0.717, 1.165) is 12.1 Å². The second-order valence-corrected chi connectivity index (χ2v) is 6.15. The number of nitrogens with zero attached hydrogens (tertiary/aromatic N) is 1. The summed E-state index contributed by atoms with van der Waals surface area (Å²) in [7, 11) is 0. The summed E-state index contributed by atoms with van der Waals surface area (Å²) in [6, 6.07) is 7.13. The van der Waals surface area contributed by atoms with Gasteiger partial charge in [-0.15, -0.1) is 0 Å². The summed E-state index contributed by atoms with van der Waals surface area (Å²) in [5.74, 6) is 0.319. The summed E-state index contributed by atoms with van der Waals surface area (Å²) in [5.41, 5.74) is 1.52.